The molecule has 0 aromatic heterocycles. The van der Waals surface area contributed by atoms with Crippen LogP contribution in [0.25, 0.3) is 0 Å². The number of hydrogen-bond acceptors (Lipinski definition) is 4. The minimum absolute atomic E-state index is 0.0516. The van der Waals surface area contributed by atoms with Gasteiger partial charge in [-0.15, -0.1) is 0 Å². The first-order chi connectivity index (χ1) is 14.8. The number of hydrogen-bond donors (Lipinski definition) is 2. The van der Waals surface area contributed by atoms with E-state index in [9.17, 15) is 23.2 Å². The zero-order valence-electron chi connectivity index (χ0n) is 16.6. The first kappa shape index (κ1) is 22.7. The Morgan fingerprint density at radius 1 is 0.968 bits per heavy atom. The highest BCUT2D eigenvalue weighted by atomic mass is 35.5. The van der Waals surface area contributed by atoms with Gasteiger partial charge in [-0.05, 0) is 42.7 Å². The number of ether oxygens (including phenoxy) is 1. The summed E-state index contributed by atoms with van der Waals surface area (Å²) in [4.78, 5) is 36.7. The van der Waals surface area contributed by atoms with Crippen LogP contribution in [0.3, 0.4) is 0 Å². The number of halogens is 3. The van der Waals surface area contributed by atoms with Crippen molar-refractivity contribution in [1.82, 2.24) is 5.32 Å². The minimum Gasteiger partial charge on any atom is -0.455 e. The van der Waals surface area contributed by atoms with E-state index in [1.807, 2.05) is 0 Å². The fourth-order valence-corrected chi connectivity index (χ4v) is 3.76. The van der Waals surface area contributed by atoms with E-state index in [0.29, 0.717) is 17.9 Å². The molecule has 1 aliphatic carbocycles. The Kier molecular flexibility index (Phi) is 7.22. The van der Waals surface area contributed by atoms with Gasteiger partial charge in [0.1, 0.15) is 0 Å². The van der Waals surface area contributed by atoms with Crippen molar-refractivity contribution in [2.24, 2.45) is 0 Å². The van der Waals surface area contributed by atoms with Crippen LogP contribution in [0.2, 0.25) is 5.02 Å². The lowest BCUT2D eigenvalue weighted by Gasteiger charge is -2.27. The molecule has 6 nitrogen and oxygen atoms in total. The average molecular weight is 451 g/mol. The summed E-state index contributed by atoms with van der Waals surface area (Å²) in [5.41, 5.74) is 0.0379. The van der Waals surface area contributed by atoms with Crippen LogP contribution in [-0.4, -0.2) is 30.9 Å². The summed E-state index contributed by atoms with van der Waals surface area (Å²) in [5, 5.41) is 5.21. The van der Waals surface area contributed by atoms with E-state index in [4.69, 9.17) is 16.3 Å². The predicted molar refractivity (Wildman–Crippen MR) is 111 cm³/mol. The second-order valence-corrected chi connectivity index (χ2v) is 7.76. The molecule has 0 atom stereocenters. The lowest BCUT2D eigenvalue weighted by molar-refractivity contribution is -0.154. The molecule has 2 N–H and O–H groups in total. The summed E-state index contributed by atoms with van der Waals surface area (Å²) in [6.45, 7) is -0.954. The molecule has 1 aliphatic rings. The largest absolute Gasteiger partial charge is 0.455 e. The van der Waals surface area contributed by atoms with Gasteiger partial charge in [-0.1, -0.05) is 36.6 Å². The molecule has 2 amide bonds. The van der Waals surface area contributed by atoms with Crippen molar-refractivity contribution in [2.75, 3.05) is 18.5 Å². The SMILES string of the molecule is O=C(COC(=O)C1(c2ccc(Cl)cc2)CCCC1)NCC(=O)Nc1ccc(F)c(F)c1. The summed E-state index contributed by atoms with van der Waals surface area (Å²) in [6.07, 6.45) is 2.97. The molecule has 0 aliphatic heterocycles. The molecule has 9 heteroatoms. The lowest BCUT2D eigenvalue weighted by Crippen LogP contribution is -2.39. The summed E-state index contributed by atoms with van der Waals surface area (Å²) < 4.78 is 31.3. The number of carbonyl (C=O) groups is 3. The molecule has 3 rings (SSSR count). The molecule has 0 unspecified atom stereocenters. The standard InChI is InChI=1S/C22H21ClF2N2O4/c23-15-5-3-14(4-6-15)22(9-1-2-10-22)21(30)31-13-20(29)26-12-19(28)27-16-7-8-17(24)18(25)11-16/h3-8,11H,1-2,9-10,12-13H2,(H,26,29)(H,27,28). The number of benzene rings is 2. The highest BCUT2D eigenvalue weighted by Crippen LogP contribution is 2.42. The monoisotopic (exact) mass is 450 g/mol. The van der Waals surface area contributed by atoms with E-state index in [1.165, 1.54) is 6.07 Å². The number of amides is 2. The van der Waals surface area contributed by atoms with Gasteiger partial charge in [-0.2, -0.15) is 0 Å². The smallest absolute Gasteiger partial charge is 0.317 e. The van der Waals surface area contributed by atoms with Gasteiger partial charge in [-0.3, -0.25) is 14.4 Å². The fraction of sp³-hybridized carbons (Fsp3) is 0.318. The third-order valence-electron chi connectivity index (χ3n) is 5.23. The van der Waals surface area contributed by atoms with Gasteiger partial charge in [0, 0.05) is 16.8 Å². The molecule has 0 bridgehead atoms. The number of carbonyl (C=O) groups excluding carboxylic acids is 3. The van der Waals surface area contributed by atoms with Crippen molar-refractivity contribution < 1.29 is 27.9 Å². The molecular weight excluding hydrogens is 430 g/mol. The quantitative estimate of drug-likeness (QED) is 0.629. The van der Waals surface area contributed by atoms with Crippen LogP contribution >= 0.6 is 11.6 Å². The van der Waals surface area contributed by atoms with Crippen LogP contribution in [-0.2, 0) is 24.5 Å². The van der Waals surface area contributed by atoms with Gasteiger partial charge < -0.3 is 15.4 Å². The third kappa shape index (κ3) is 5.58. The average Bonchev–Trinajstić information content (AvgIpc) is 3.25. The predicted octanol–water partition coefficient (Wildman–Crippen LogP) is 3.73. The maximum Gasteiger partial charge on any atom is 0.317 e. The van der Waals surface area contributed by atoms with E-state index in [2.05, 4.69) is 10.6 Å². The van der Waals surface area contributed by atoms with E-state index >= 15 is 0 Å². The maximum atomic E-state index is 13.2. The van der Waals surface area contributed by atoms with Gasteiger partial charge in [0.2, 0.25) is 5.91 Å². The van der Waals surface area contributed by atoms with Crippen LogP contribution < -0.4 is 10.6 Å². The van der Waals surface area contributed by atoms with Crippen molar-refractivity contribution in [1.29, 1.82) is 0 Å². The Labute approximate surface area is 182 Å². The molecule has 0 heterocycles. The first-order valence-electron chi connectivity index (χ1n) is 9.75. The van der Waals surface area contributed by atoms with Crippen molar-refractivity contribution in [3.63, 3.8) is 0 Å². The molecule has 0 saturated heterocycles. The van der Waals surface area contributed by atoms with Crippen molar-refractivity contribution in [3.8, 4) is 0 Å². The van der Waals surface area contributed by atoms with Crippen LogP contribution in [0, 0.1) is 11.6 Å². The van der Waals surface area contributed by atoms with Crippen molar-refractivity contribution in [3.05, 3.63) is 64.7 Å². The normalized spacial score (nSPS) is 14.7. The third-order valence-corrected chi connectivity index (χ3v) is 5.48. The Morgan fingerprint density at radius 2 is 1.65 bits per heavy atom. The number of rotatable bonds is 7. The first-order valence-corrected chi connectivity index (χ1v) is 10.1. The van der Waals surface area contributed by atoms with Crippen molar-refractivity contribution >= 4 is 35.1 Å². The molecule has 31 heavy (non-hydrogen) atoms. The summed E-state index contributed by atoms with van der Waals surface area (Å²) >= 11 is 5.94. The molecule has 2 aromatic rings. The van der Waals surface area contributed by atoms with E-state index in [0.717, 1.165) is 30.5 Å². The second-order valence-electron chi connectivity index (χ2n) is 7.33. The Bertz CT molecular complexity index is 976. The maximum absolute atomic E-state index is 13.2. The van der Waals surface area contributed by atoms with Gasteiger partial charge in [0.25, 0.3) is 5.91 Å². The summed E-state index contributed by atoms with van der Waals surface area (Å²) in [6, 6.07) is 9.90. The molecule has 1 fully saturated rings. The van der Waals surface area contributed by atoms with Crippen LogP contribution in [0.15, 0.2) is 42.5 Å². The minimum atomic E-state index is -1.10. The fourth-order valence-electron chi connectivity index (χ4n) is 3.64. The van der Waals surface area contributed by atoms with Gasteiger partial charge in [-0.25, -0.2) is 8.78 Å². The number of anilines is 1. The number of esters is 1. The number of nitrogens with one attached hydrogen (secondary N) is 2. The summed E-state index contributed by atoms with van der Waals surface area (Å²) in [7, 11) is 0. The topological polar surface area (TPSA) is 84.5 Å². The van der Waals surface area contributed by atoms with Crippen LogP contribution in [0.5, 0.6) is 0 Å². The second kappa shape index (κ2) is 9.87. The van der Waals surface area contributed by atoms with Gasteiger partial charge in [0.15, 0.2) is 18.2 Å². The van der Waals surface area contributed by atoms with Gasteiger partial charge >= 0.3 is 5.97 Å². The molecule has 0 spiro atoms. The Morgan fingerprint density at radius 3 is 2.29 bits per heavy atom. The molecule has 164 valence electrons. The zero-order chi connectivity index (χ0) is 22.4. The van der Waals surface area contributed by atoms with Gasteiger partial charge in [0.05, 0.1) is 12.0 Å². The summed E-state index contributed by atoms with van der Waals surface area (Å²) in [5.74, 6) is -3.92. The van der Waals surface area contributed by atoms with E-state index in [-0.39, 0.29) is 5.69 Å². The Balaban J connectivity index is 1.50. The molecular formula is C22H21ClF2N2O4. The van der Waals surface area contributed by atoms with Crippen LogP contribution in [0.4, 0.5) is 14.5 Å². The van der Waals surface area contributed by atoms with E-state index in [1.54, 1.807) is 24.3 Å². The van der Waals surface area contributed by atoms with Crippen LogP contribution in [0.1, 0.15) is 31.2 Å². The van der Waals surface area contributed by atoms with Crippen molar-refractivity contribution in [2.45, 2.75) is 31.1 Å². The highest BCUT2D eigenvalue weighted by Gasteiger charge is 2.44. The lowest BCUT2D eigenvalue weighted by atomic mass is 9.79. The highest BCUT2D eigenvalue weighted by molar-refractivity contribution is 6.30. The molecule has 2 aromatic carbocycles. The molecule has 0 radical (unpaired) electrons. The zero-order valence-corrected chi connectivity index (χ0v) is 17.3. The Hall–Kier alpha value is -3.00. The van der Waals surface area contributed by atoms with E-state index < -0.39 is 48.0 Å². The molecule has 1 saturated carbocycles.